The fourth-order valence-corrected chi connectivity index (χ4v) is 7.18. The molecule has 0 aliphatic heterocycles. The predicted octanol–water partition coefficient (Wildman–Crippen LogP) is 8.16. The number of aromatic nitrogens is 3. The van der Waals surface area contributed by atoms with Crippen LogP contribution in [0.3, 0.4) is 0 Å². The smallest absolute Gasteiger partial charge is 0.354 e. The van der Waals surface area contributed by atoms with Crippen LogP contribution in [0, 0.1) is 5.41 Å². The lowest BCUT2D eigenvalue weighted by atomic mass is 9.59. The number of carbonyl (C=O) groups is 1. The number of alkyl halides is 1. The van der Waals surface area contributed by atoms with Crippen LogP contribution >= 0.6 is 23.2 Å². The zero-order valence-electron chi connectivity index (χ0n) is 23.8. The van der Waals surface area contributed by atoms with E-state index in [1.165, 1.54) is 6.07 Å². The lowest BCUT2D eigenvalue weighted by Gasteiger charge is -2.52. The molecule has 230 valence electrons. The first-order valence-corrected chi connectivity index (χ1v) is 15.5. The van der Waals surface area contributed by atoms with E-state index in [1.807, 2.05) is 0 Å². The number of pyridine rings is 2. The molecule has 0 atom stereocenters. The molecule has 2 bridgehead atoms. The molecule has 44 heavy (non-hydrogen) atoms. The molecule has 0 unspecified atom stereocenters. The molecule has 3 heterocycles. The van der Waals surface area contributed by atoms with Gasteiger partial charge >= 0.3 is 5.97 Å². The zero-order valence-corrected chi connectivity index (χ0v) is 25.3. The highest BCUT2D eigenvalue weighted by atomic mass is 35.5. The number of halogens is 3. The second-order valence-corrected chi connectivity index (χ2v) is 12.9. The number of hydrogen-bond donors (Lipinski definition) is 1. The summed E-state index contributed by atoms with van der Waals surface area (Å²) in [6, 6.07) is 6.38. The van der Waals surface area contributed by atoms with E-state index in [1.54, 1.807) is 30.6 Å². The minimum Gasteiger partial charge on any atom is -0.493 e. The van der Waals surface area contributed by atoms with Gasteiger partial charge in [0.25, 0.3) is 0 Å². The van der Waals surface area contributed by atoms with Crippen LogP contribution < -0.4 is 9.47 Å². The van der Waals surface area contributed by atoms with E-state index in [2.05, 4.69) is 15.1 Å². The number of carboxylic acids is 1. The molecular weight excluding hydrogens is 612 g/mol. The van der Waals surface area contributed by atoms with Crippen molar-refractivity contribution in [1.29, 1.82) is 0 Å². The Morgan fingerprint density at radius 3 is 2.43 bits per heavy atom. The molecule has 4 aromatic rings. The van der Waals surface area contributed by atoms with Crippen LogP contribution in [0.2, 0.25) is 10.0 Å². The summed E-state index contributed by atoms with van der Waals surface area (Å²) in [7, 11) is 0. The van der Waals surface area contributed by atoms with Crippen LogP contribution in [0.25, 0.3) is 22.2 Å². The third-order valence-corrected chi connectivity index (χ3v) is 10.0. The summed E-state index contributed by atoms with van der Waals surface area (Å²) in [5.41, 5.74) is 2.15. The maximum atomic E-state index is 13.0. The molecule has 4 aliphatic carbocycles. The van der Waals surface area contributed by atoms with E-state index in [-0.39, 0.29) is 22.5 Å². The molecule has 0 spiro atoms. The maximum absolute atomic E-state index is 13.0. The quantitative estimate of drug-likeness (QED) is 0.173. The summed E-state index contributed by atoms with van der Waals surface area (Å²) in [6.07, 6.45) is 10.9. The first-order valence-electron chi connectivity index (χ1n) is 14.7. The Morgan fingerprint density at radius 2 is 1.77 bits per heavy atom. The number of rotatable bonds is 11. The van der Waals surface area contributed by atoms with Gasteiger partial charge in [-0.05, 0) is 69.6 Å². The number of hydrogen-bond acceptors (Lipinski definition) is 8. The Kier molecular flexibility index (Phi) is 7.63. The number of benzene rings is 1. The molecule has 4 aliphatic rings. The van der Waals surface area contributed by atoms with Crippen LogP contribution in [0.1, 0.15) is 79.1 Å². The molecule has 1 N–H and O–H groups in total. The van der Waals surface area contributed by atoms with Crippen LogP contribution in [-0.2, 0) is 11.3 Å². The summed E-state index contributed by atoms with van der Waals surface area (Å²) >= 11 is 13.0. The minimum atomic E-state index is -1.21. The van der Waals surface area contributed by atoms with Crippen molar-refractivity contribution < 1.29 is 33.0 Å². The van der Waals surface area contributed by atoms with Crippen molar-refractivity contribution in [2.75, 3.05) is 13.5 Å². The molecule has 1 aromatic carbocycles. The van der Waals surface area contributed by atoms with Gasteiger partial charge in [-0.1, -0.05) is 28.4 Å². The fraction of sp³-hybridized carbons (Fsp3) is 0.438. The van der Waals surface area contributed by atoms with Gasteiger partial charge < -0.3 is 23.8 Å². The Labute approximate surface area is 262 Å². The average Bonchev–Trinajstić information content (AvgIpc) is 3.80. The number of aromatic carboxylic acids is 1. The van der Waals surface area contributed by atoms with Crippen molar-refractivity contribution in [1.82, 2.24) is 15.1 Å². The van der Waals surface area contributed by atoms with Crippen molar-refractivity contribution in [2.24, 2.45) is 5.41 Å². The highest BCUT2D eigenvalue weighted by molar-refractivity contribution is 6.38. The number of ether oxygens (including phenoxy) is 3. The van der Waals surface area contributed by atoms with E-state index >= 15 is 0 Å². The van der Waals surface area contributed by atoms with E-state index in [0.29, 0.717) is 57.1 Å². The van der Waals surface area contributed by atoms with Gasteiger partial charge in [0.1, 0.15) is 23.0 Å². The first kappa shape index (κ1) is 29.3. The summed E-state index contributed by atoms with van der Waals surface area (Å²) in [6.45, 7) is -0.169. The van der Waals surface area contributed by atoms with Gasteiger partial charge in [-0.3, -0.25) is 4.98 Å². The Hall–Kier alpha value is -3.47. The largest absolute Gasteiger partial charge is 0.493 e. The van der Waals surface area contributed by atoms with Crippen molar-refractivity contribution in [3.63, 3.8) is 0 Å². The van der Waals surface area contributed by atoms with Crippen LogP contribution in [-0.4, -0.2) is 45.3 Å². The van der Waals surface area contributed by atoms with Gasteiger partial charge in [0.15, 0.2) is 5.69 Å². The standard InChI is InChI=1S/C32H30Cl2FN3O6/c33-22-13-36-14-23(34)27(22)28-21(29(44-38-28)18-1-2-18)15-43-32-8-5-31(6-9-32,7-10-32)16-41-19-3-4-24-20(11-19)26(42-17-35)12-25(37-24)30(39)40/h3-4,11-14,18H,1-2,5-10,15-17H2,(H,39,40). The normalized spacial score (nSPS) is 22.8. The second kappa shape index (κ2) is 11.5. The number of fused-ring (bicyclic) bond motifs is 4. The maximum Gasteiger partial charge on any atom is 0.354 e. The van der Waals surface area contributed by atoms with Gasteiger partial charge in [-0.15, -0.1) is 0 Å². The lowest BCUT2D eigenvalue weighted by molar-refractivity contribution is -0.150. The van der Waals surface area contributed by atoms with Crippen molar-refractivity contribution >= 4 is 40.1 Å². The van der Waals surface area contributed by atoms with Gasteiger partial charge in [0.05, 0.1) is 34.4 Å². The molecular formula is C32H30Cl2FN3O6. The van der Waals surface area contributed by atoms with Crippen LogP contribution in [0.15, 0.2) is 41.2 Å². The molecule has 0 saturated heterocycles. The lowest BCUT2D eigenvalue weighted by Crippen LogP contribution is -2.49. The van der Waals surface area contributed by atoms with E-state index in [0.717, 1.165) is 62.7 Å². The third kappa shape index (κ3) is 5.48. The SMILES string of the molecule is O=C(O)c1cc(OCF)c2cc(OCC34CCC(OCc5c(-c6c(Cl)cncc6Cl)noc5C5CC5)(CC3)CC4)ccc2n1. The highest BCUT2D eigenvalue weighted by Gasteiger charge is 2.50. The topological polar surface area (TPSA) is 117 Å². The Balaban J connectivity index is 1.03. The average molecular weight is 643 g/mol. The Bertz CT molecular complexity index is 1700. The van der Waals surface area contributed by atoms with Crippen LogP contribution in [0.5, 0.6) is 11.5 Å². The first-order chi connectivity index (χ1) is 21.3. The number of nitrogens with zero attached hydrogens (tertiary/aromatic N) is 3. The highest BCUT2D eigenvalue weighted by Crippen LogP contribution is 2.55. The Morgan fingerprint density at radius 1 is 1.05 bits per heavy atom. The molecule has 0 radical (unpaired) electrons. The molecule has 8 rings (SSSR count). The minimum absolute atomic E-state index is 0.0311. The van der Waals surface area contributed by atoms with Crippen molar-refractivity contribution in [3.05, 3.63) is 63.7 Å². The molecule has 3 aromatic heterocycles. The van der Waals surface area contributed by atoms with E-state index in [9.17, 15) is 14.3 Å². The summed E-state index contributed by atoms with van der Waals surface area (Å²) in [5, 5.41) is 15.0. The monoisotopic (exact) mass is 641 g/mol. The fourth-order valence-electron chi connectivity index (χ4n) is 6.64. The van der Waals surface area contributed by atoms with E-state index < -0.39 is 12.8 Å². The van der Waals surface area contributed by atoms with Gasteiger partial charge in [0, 0.05) is 46.3 Å². The summed E-state index contributed by atoms with van der Waals surface area (Å²) in [5.74, 6) is 0.709. The second-order valence-electron chi connectivity index (χ2n) is 12.1. The van der Waals surface area contributed by atoms with E-state index in [4.69, 9.17) is 41.9 Å². The molecule has 0 amide bonds. The van der Waals surface area contributed by atoms with Gasteiger partial charge in [0.2, 0.25) is 6.86 Å². The van der Waals surface area contributed by atoms with Crippen molar-refractivity contribution in [2.45, 2.75) is 69.5 Å². The van der Waals surface area contributed by atoms with Crippen molar-refractivity contribution in [3.8, 4) is 22.8 Å². The molecule has 9 nitrogen and oxygen atoms in total. The predicted molar refractivity (Wildman–Crippen MR) is 160 cm³/mol. The van der Waals surface area contributed by atoms with Gasteiger partial charge in [-0.25, -0.2) is 14.2 Å². The van der Waals surface area contributed by atoms with Gasteiger partial charge in [-0.2, -0.15) is 0 Å². The summed E-state index contributed by atoms with van der Waals surface area (Å²) < 4.78 is 36.9. The number of carboxylic acid groups (broad SMARTS) is 1. The third-order valence-electron chi connectivity index (χ3n) is 9.43. The molecule has 12 heteroatoms. The zero-order chi connectivity index (χ0) is 30.5. The summed E-state index contributed by atoms with van der Waals surface area (Å²) in [4.78, 5) is 19.6. The molecule has 4 fully saturated rings. The molecule has 4 saturated carbocycles. The van der Waals surface area contributed by atoms with Crippen LogP contribution in [0.4, 0.5) is 4.39 Å².